The molecular formula is C22H33N3O4. The first-order valence-electron chi connectivity index (χ1n) is 10.5. The van der Waals surface area contributed by atoms with Crippen LogP contribution < -0.4 is 11.1 Å². The standard InChI is InChI=1S/C22H33N3O4/c1-17(29-20(26)10-6-3-7-13-24-22(23)28)21(27)25-14-11-19(12-15-25)16-18-8-4-2-5-9-18/h2,4-5,8-9,17,19H,3,6-7,10-16H2,1H3,(H3,23,24,28)/t17-/m1/s1. The topological polar surface area (TPSA) is 102 Å². The highest BCUT2D eigenvalue weighted by Gasteiger charge is 2.27. The molecule has 0 saturated carbocycles. The molecule has 0 aromatic heterocycles. The number of nitrogens with zero attached hydrogens (tertiary/aromatic N) is 1. The van der Waals surface area contributed by atoms with Crippen LogP contribution in [0.1, 0.15) is 51.0 Å². The van der Waals surface area contributed by atoms with Gasteiger partial charge in [-0.1, -0.05) is 36.8 Å². The Balaban J connectivity index is 1.62. The van der Waals surface area contributed by atoms with Crippen molar-refractivity contribution < 1.29 is 19.1 Å². The second kappa shape index (κ2) is 12.1. The number of esters is 1. The summed E-state index contributed by atoms with van der Waals surface area (Å²) in [6.45, 7) is 3.57. The van der Waals surface area contributed by atoms with E-state index in [0.29, 0.717) is 32.0 Å². The lowest BCUT2D eigenvalue weighted by atomic mass is 9.90. The number of nitrogens with one attached hydrogen (secondary N) is 1. The second-order valence-electron chi connectivity index (χ2n) is 7.69. The first kappa shape index (κ1) is 22.7. The molecule has 0 bridgehead atoms. The molecule has 7 nitrogen and oxygen atoms in total. The third kappa shape index (κ3) is 8.54. The zero-order valence-corrected chi connectivity index (χ0v) is 17.3. The van der Waals surface area contributed by atoms with Gasteiger partial charge in [0.05, 0.1) is 0 Å². The molecule has 3 amide bonds. The fourth-order valence-corrected chi connectivity index (χ4v) is 3.65. The minimum atomic E-state index is -0.746. The van der Waals surface area contributed by atoms with E-state index in [1.54, 1.807) is 6.92 Å². The van der Waals surface area contributed by atoms with Gasteiger partial charge in [0, 0.05) is 26.1 Å². The zero-order valence-electron chi connectivity index (χ0n) is 17.3. The molecule has 0 radical (unpaired) electrons. The largest absolute Gasteiger partial charge is 0.453 e. The normalized spacial score (nSPS) is 15.6. The molecule has 2 rings (SSSR count). The summed E-state index contributed by atoms with van der Waals surface area (Å²) in [5, 5.41) is 2.51. The molecule has 29 heavy (non-hydrogen) atoms. The number of piperidine rings is 1. The van der Waals surface area contributed by atoms with Crippen LogP contribution in [0.4, 0.5) is 4.79 Å². The van der Waals surface area contributed by atoms with Crippen LogP contribution in [-0.2, 0) is 20.7 Å². The number of carbonyl (C=O) groups is 3. The molecule has 160 valence electrons. The summed E-state index contributed by atoms with van der Waals surface area (Å²) in [6.07, 6.45) is 4.71. The number of rotatable bonds is 10. The van der Waals surface area contributed by atoms with E-state index >= 15 is 0 Å². The average Bonchev–Trinajstić information content (AvgIpc) is 2.71. The lowest BCUT2D eigenvalue weighted by Crippen LogP contribution is -2.44. The molecule has 0 spiro atoms. The third-order valence-electron chi connectivity index (χ3n) is 5.31. The summed E-state index contributed by atoms with van der Waals surface area (Å²) < 4.78 is 5.31. The lowest BCUT2D eigenvalue weighted by molar-refractivity contribution is -0.159. The van der Waals surface area contributed by atoms with Crippen LogP contribution in [0.5, 0.6) is 0 Å². The predicted molar refractivity (Wildman–Crippen MR) is 111 cm³/mol. The van der Waals surface area contributed by atoms with E-state index in [-0.39, 0.29) is 18.3 Å². The van der Waals surface area contributed by atoms with Gasteiger partial charge in [0.2, 0.25) is 0 Å². The maximum atomic E-state index is 12.6. The molecule has 1 heterocycles. The van der Waals surface area contributed by atoms with Crippen molar-refractivity contribution >= 4 is 17.9 Å². The zero-order chi connectivity index (χ0) is 21.1. The van der Waals surface area contributed by atoms with Crippen molar-refractivity contribution in [3.63, 3.8) is 0 Å². The number of urea groups is 1. The smallest absolute Gasteiger partial charge is 0.312 e. The van der Waals surface area contributed by atoms with Gasteiger partial charge in [-0.15, -0.1) is 0 Å². The van der Waals surface area contributed by atoms with E-state index in [2.05, 4.69) is 29.6 Å². The van der Waals surface area contributed by atoms with Crippen LogP contribution >= 0.6 is 0 Å². The average molecular weight is 404 g/mol. The summed E-state index contributed by atoms with van der Waals surface area (Å²) in [6, 6.07) is 9.89. The summed E-state index contributed by atoms with van der Waals surface area (Å²) in [5.74, 6) is 0.123. The Hall–Kier alpha value is -2.57. The number of hydrogen-bond acceptors (Lipinski definition) is 4. The molecule has 0 unspecified atom stereocenters. The summed E-state index contributed by atoms with van der Waals surface area (Å²) >= 11 is 0. The predicted octanol–water partition coefficient (Wildman–Crippen LogP) is 2.63. The van der Waals surface area contributed by atoms with Gasteiger partial charge in [-0.25, -0.2) is 4.79 Å². The Kier molecular flexibility index (Phi) is 9.47. The molecule has 0 aliphatic carbocycles. The Bertz CT molecular complexity index is 657. The first-order chi connectivity index (χ1) is 14.0. The quantitative estimate of drug-likeness (QED) is 0.463. The number of unbranched alkanes of at least 4 members (excludes halogenated alkanes) is 2. The first-order valence-corrected chi connectivity index (χ1v) is 10.5. The third-order valence-corrected chi connectivity index (χ3v) is 5.31. The van der Waals surface area contributed by atoms with Crippen LogP contribution in [0.3, 0.4) is 0 Å². The van der Waals surface area contributed by atoms with Gasteiger partial charge in [0.15, 0.2) is 6.10 Å². The molecule has 7 heteroatoms. The van der Waals surface area contributed by atoms with Gasteiger partial charge in [0.1, 0.15) is 0 Å². The Morgan fingerprint density at radius 2 is 1.83 bits per heavy atom. The summed E-state index contributed by atoms with van der Waals surface area (Å²) in [4.78, 5) is 36.9. The highest BCUT2D eigenvalue weighted by molar-refractivity contribution is 5.83. The van der Waals surface area contributed by atoms with Gasteiger partial charge in [-0.05, 0) is 50.5 Å². The van der Waals surface area contributed by atoms with E-state index in [4.69, 9.17) is 10.5 Å². The fraction of sp³-hybridized carbons (Fsp3) is 0.591. The highest BCUT2D eigenvalue weighted by Crippen LogP contribution is 2.22. The van der Waals surface area contributed by atoms with Crippen LogP contribution in [0, 0.1) is 5.92 Å². The van der Waals surface area contributed by atoms with Crippen molar-refractivity contribution in [1.29, 1.82) is 0 Å². The van der Waals surface area contributed by atoms with Crippen molar-refractivity contribution in [2.75, 3.05) is 19.6 Å². The molecule has 1 atom stereocenters. The lowest BCUT2D eigenvalue weighted by Gasteiger charge is -2.33. The number of nitrogens with two attached hydrogens (primary N) is 1. The summed E-state index contributed by atoms with van der Waals surface area (Å²) in [5.41, 5.74) is 6.32. The van der Waals surface area contributed by atoms with Crippen molar-refractivity contribution in [3.05, 3.63) is 35.9 Å². The van der Waals surface area contributed by atoms with Crippen molar-refractivity contribution in [3.8, 4) is 0 Å². The minimum Gasteiger partial charge on any atom is -0.453 e. The molecule has 1 aromatic carbocycles. The summed E-state index contributed by atoms with van der Waals surface area (Å²) in [7, 11) is 0. The Labute approximate surface area is 173 Å². The maximum absolute atomic E-state index is 12.6. The Morgan fingerprint density at radius 3 is 2.48 bits per heavy atom. The Morgan fingerprint density at radius 1 is 1.14 bits per heavy atom. The van der Waals surface area contributed by atoms with Crippen molar-refractivity contribution in [1.82, 2.24) is 10.2 Å². The second-order valence-corrected chi connectivity index (χ2v) is 7.69. The van der Waals surface area contributed by atoms with E-state index in [1.165, 1.54) is 5.56 Å². The molecule has 1 aromatic rings. The molecule has 1 fully saturated rings. The number of amides is 3. The highest BCUT2D eigenvalue weighted by atomic mass is 16.5. The van der Waals surface area contributed by atoms with Crippen LogP contribution in [0.25, 0.3) is 0 Å². The number of ether oxygens (including phenoxy) is 1. The van der Waals surface area contributed by atoms with Crippen LogP contribution in [0.2, 0.25) is 0 Å². The van der Waals surface area contributed by atoms with Crippen molar-refractivity contribution in [2.24, 2.45) is 11.7 Å². The number of carbonyl (C=O) groups excluding carboxylic acids is 3. The molecule has 1 aliphatic heterocycles. The maximum Gasteiger partial charge on any atom is 0.312 e. The van der Waals surface area contributed by atoms with E-state index in [9.17, 15) is 14.4 Å². The van der Waals surface area contributed by atoms with Crippen LogP contribution in [-0.4, -0.2) is 48.5 Å². The number of likely N-dealkylation sites (tertiary alicyclic amines) is 1. The van der Waals surface area contributed by atoms with Gasteiger partial charge in [0.25, 0.3) is 5.91 Å². The van der Waals surface area contributed by atoms with E-state index in [0.717, 1.165) is 32.1 Å². The molecule has 1 aliphatic rings. The van der Waals surface area contributed by atoms with Gasteiger partial charge >= 0.3 is 12.0 Å². The molecule has 3 N–H and O–H groups in total. The van der Waals surface area contributed by atoms with E-state index in [1.807, 2.05) is 11.0 Å². The van der Waals surface area contributed by atoms with Gasteiger partial charge < -0.3 is 20.7 Å². The monoisotopic (exact) mass is 403 g/mol. The number of benzene rings is 1. The number of primary amides is 1. The SMILES string of the molecule is C[C@@H](OC(=O)CCCCCNC(N)=O)C(=O)N1CCC(Cc2ccccc2)CC1. The molecular weight excluding hydrogens is 370 g/mol. The molecule has 1 saturated heterocycles. The van der Waals surface area contributed by atoms with Gasteiger partial charge in [-0.3, -0.25) is 9.59 Å². The van der Waals surface area contributed by atoms with E-state index < -0.39 is 12.1 Å². The fourth-order valence-electron chi connectivity index (χ4n) is 3.65. The minimum absolute atomic E-state index is 0.109. The van der Waals surface area contributed by atoms with Gasteiger partial charge in [-0.2, -0.15) is 0 Å². The number of hydrogen-bond donors (Lipinski definition) is 2. The van der Waals surface area contributed by atoms with Crippen molar-refractivity contribution in [2.45, 2.75) is 58.0 Å². The van der Waals surface area contributed by atoms with Crippen LogP contribution in [0.15, 0.2) is 30.3 Å².